The number of alkyl carbamates (subject to hydrolysis) is 1. The van der Waals surface area contributed by atoms with Crippen molar-refractivity contribution >= 4 is 27.8 Å². The Bertz CT molecular complexity index is 402. The Labute approximate surface area is 115 Å². The summed E-state index contributed by atoms with van der Waals surface area (Å²) < 4.78 is 6.22. The molecule has 1 N–H and O–H groups in total. The van der Waals surface area contributed by atoms with Crippen LogP contribution in [0.5, 0.6) is 0 Å². The third-order valence-electron chi connectivity index (χ3n) is 2.96. The zero-order valence-corrected chi connectivity index (χ0v) is 11.8. The van der Waals surface area contributed by atoms with Crippen molar-refractivity contribution in [1.82, 2.24) is 10.3 Å². The number of anilines is 1. The van der Waals surface area contributed by atoms with E-state index in [1.165, 1.54) is 0 Å². The zero-order valence-electron chi connectivity index (χ0n) is 10.2. The van der Waals surface area contributed by atoms with Gasteiger partial charge in [0.1, 0.15) is 11.9 Å². The molecule has 0 spiro atoms. The Hall–Kier alpha value is -1.30. The van der Waals surface area contributed by atoms with E-state index >= 15 is 0 Å². The minimum atomic E-state index is -0.352. The first kappa shape index (κ1) is 13.1. The number of ether oxygens (including phenoxy) is 1. The van der Waals surface area contributed by atoms with Crippen LogP contribution in [0.1, 0.15) is 12.8 Å². The van der Waals surface area contributed by atoms with Crippen LogP contribution >= 0.6 is 15.9 Å². The highest BCUT2D eigenvalue weighted by Crippen LogP contribution is 2.20. The Morgan fingerprint density at radius 2 is 2.22 bits per heavy atom. The van der Waals surface area contributed by atoms with E-state index in [0.717, 1.165) is 36.2 Å². The maximum atomic E-state index is 11.1. The van der Waals surface area contributed by atoms with Crippen molar-refractivity contribution in [2.24, 2.45) is 0 Å². The third-order valence-corrected chi connectivity index (χ3v) is 3.42. The van der Waals surface area contributed by atoms with Gasteiger partial charge in [0, 0.05) is 43.6 Å². The summed E-state index contributed by atoms with van der Waals surface area (Å²) in [5.74, 6) is 0.969. The van der Waals surface area contributed by atoms with Crippen LogP contribution in [-0.2, 0) is 4.74 Å². The lowest BCUT2D eigenvalue weighted by Gasteiger charge is -2.32. The molecule has 1 aliphatic heterocycles. The van der Waals surface area contributed by atoms with Gasteiger partial charge in [-0.25, -0.2) is 9.78 Å². The number of nitrogens with zero attached hydrogens (tertiary/aromatic N) is 2. The summed E-state index contributed by atoms with van der Waals surface area (Å²) in [6.45, 7) is 1.71. The highest BCUT2D eigenvalue weighted by Gasteiger charge is 2.22. The number of nitrogens with one attached hydrogen (secondary N) is 1. The van der Waals surface area contributed by atoms with Crippen molar-refractivity contribution in [3.05, 3.63) is 22.8 Å². The molecule has 2 heterocycles. The van der Waals surface area contributed by atoms with Gasteiger partial charge in [0.05, 0.1) is 0 Å². The topological polar surface area (TPSA) is 54.5 Å². The molecule has 0 unspecified atom stereocenters. The largest absolute Gasteiger partial charge is 0.446 e. The number of rotatable bonds is 2. The molecule has 2 rings (SSSR count). The second-order valence-electron chi connectivity index (χ2n) is 4.18. The maximum absolute atomic E-state index is 11.1. The first-order chi connectivity index (χ1) is 8.69. The van der Waals surface area contributed by atoms with Crippen LogP contribution in [0.3, 0.4) is 0 Å². The van der Waals surface area contributed by atoms with E-state index in [1.54, 1.807) is 13.2 Å². The number of pyridine rings is 1. The van der Waals surface area contributed by atoms with E-state index in [2.05, 4.69) is 31.1 Å². The molecule has 0 aliphatic carbocycles. The van der Waals surface area contributed by atoms with Crippen molar-refractivity contribution in [3.63, 3.8) is 0 Å². The molecule has 0 radical (unpaired) electrons. The Morgan fingerprint density at radius 1 is 1.50 bits per heavy atom. The number of carbonyl (C=O) groups is 1. The highest BCUT2D eigenvalue weighted by molar-refractivity contribution is 9.10. The second-order valence-corrected chi connectivity index (χ2v) is 5.09. The number of halogens is 1. The summed E-state index contributed by atoms with van der Waals surface area (Å²) in [4.78, 5) is 17.7. The van der Waals surface area contributed by atoms with Crippen molar-refractivity contribution in [2.45, 2.75) is 18.9 Å². The maximum Gasteiger partial charge on any atom is 0.407 e. The fraction of sp³-hybridized carbons (Fsp3) is 0.500. The molecule has 1 fully saturated rings. The fourth-order valence-electron chi connectivity index (χ4n) is 1.97. The molecule has 1 amide bonds. The van der Waals surface area contributed by atoms with Crippen LogP contribution < -0.4 is 10.2 Å². The number of hydrogen-bond acceptors (Lipinski definition) is 4. The molecular weight excluding hydrogens is 298 g/mol. The number of amides is 1. The SMILES string of the molecule is CNC(=O)OC1CCN(c2ccc(Br)cn2)CC1. The van der Waals surface area contributed by atoms with E-state index < -0.39 is 0 Å². The van der Waals surface area contributed by atoms with Crippen molar-refractivity contribution in [2.75, 3.05) is 25.0 Å². The Kier molecular flexibility index (Phi) is 4.41. The molecule has 0 saturated carbocycles. The summed E-state index contributed by atoms with van der Waals surface area (Å²) in [6, 6.07) is 3.97. The van der Waals surface area contributed by atoms with Gasteiger partial charge in [-0.2, -0.15) is 0 Å². The zero-order chi connectivity index (χ0) is 13.0. The molecule has 1 aliphatic rings. The van der Waals surface area contributed by atoms with Crippen LogP contribution in [-0.4, -0.2) is 37.3 Å². The summed E-state index contributed by atoms with van der Waals surface area (Å²) >= 11 is 3.37. The van der Waals surface area contributed by atoms with Crippen LogP contribution in [0.15, 0.2) is 22.8 Å². The monoisotopic (exact) mass is 313 g/mol. The van der Waals surface area contributed by atoms with E-state index in [4.69, 9.17) is 4.74 Å². The van der Waals surface area contributed by atoms with E-state index in [-0.39, 0.29) is 12.2 Å². The molecule has 0 atom stereocenters. The lowest BCUT2D eigenvalue weighted by molar-refractivity contribution is 0.0848. The highest BCUT2D eigenvalue weighted by atomic mass is 79.9. The van der Waals surface area contributed by atoms with Gasteiger partial charge in [0.15, 0.2) is 0 Å². The van der Waals surface area contributed by atoms with Crippen LogP contribution in [0.4, 0.5) is 10.6 Å². The lowest BCUT2D eigenvalue weighted by atomic mass is 10.1. The van der Waals surface area contributed by atoms with Gasteiger partial charge in [-0.3, -0.25) is 0 Å². The molecule has 1 aromatic rings. The van der Waals surface area contributed by atoms with Gasteiger partial charge in [0.2, 0.25) is 0 Å². The smallest absolute Gasteiger partial charge is 0.407 e. The van der Waals surface area contributed by atoms with E-state index in [0.29, 0.717) is 0 Å². The average molecular weight is 314 g/mol. The number of piperidine rings is 1. The molecular formula is C12H16BrN3O2. The van der Waals surface area contributed by atoms with Crippen LogP contribution in [0.2, 0.25) is 0 Å². The second kappa shape index (κ2) is 6.04. The summed E-state index contributed by atoms with van der Waals surface area (Å²) in [5.41, 5.74) is 0. The van der Waals surface area contributed by atoms with E-state index in [1.807, 2.05) is 12.1 Å². The van der Waals surface area contributed by atoms with Gasteiger partial charge in [-0.05, 0) is 28.1 Å². The van der Waals surface area contributed by atoms with Crippen molar-refractivity contribution in [3.8, 4) is 0 Å². The molecule has 98 valence electrons. The van der Waals surface area contributed by atoms with Gasteiger partial charge in [0.25, 0.3) is 0 Å². The number of carbonyl (C=O) groups excluding carboxylic acids is 1. The standard InChI is InChI=1S/C12H16BrN3O2/c1-14-12(17)18-10-4-6-16(7-5-10)11-3-2-9(13)8-15-11/h2-3,8,10H,4-7H2,1H3,(H,14,17). The fourth-order valence-corrected chi connectivity index (χ4v) is 2.20. The Morgan fingerprint density at radius 3 is 2.78 bits per heavy atom. The predicted octanol–water partition coefficient (Wildman–Crippen LogP) is 2.17. The quantitative estimate of drug-likeness (QED) is 0.909. The minimum absolute atomic E-state index is 0.0108. The molecule has 18 heavy (non-hydrogen) atoms. The predicted molar refractivity (Wildman–Crippen MR) is 72.7 cm³/mol. The molecule has 0 bridgehead atoms. The average Bonchev–Trinajstić information content (AvgIpc) is 2.40. The van der Waals surface area contributed by atoms with Gasteiger partial charge >= 0.3 is 6.09 Å². The van der Waals surface area contributed by atoms with E-state index in [9.17, 15) is 4.79 Å². The normalized spacial score (nSPS) is 16.4. The van der Waals surface area contributed by atoms with Crippen LogP contribution in [0.25, 0.3) is 0 Å². The van der Waals surface area contributed by atoms with Crippen molar-refractivity contribution < 1.29 is 9.53 Å². The first-order valence-corrected chi connectivity index (χ1v) is 6.73. The van der Waals surface area contributed by atoms with Crippen molar-refractivity contribution in [1.29, 1.82) is 0 Å². The molecule has 5 nitrogen and oxygen atoms in total. The summed E-state index contributed by atoms with van der Waals surface area (Å²) in [6.07, 6.45) is 3.13. The lowest BCUT2D eigenvalue weighted by Crippen LogP contribution is -2.39. The van der Waals surface area contributed by atoms with Gasteiger partial charge in [-0.15, -0.1) is 0 Å². The van der Waals surface area contributed by atoms with Gasteiger partial charge in [-0.1, -0.05) is 0 Å². The molecule has 6 heteroatoms. The van der Waals surface area contributed by atoms with Gasteiger partial charge < -0.3 is 15.0 Å². The molecule has 1 aromatic heterocycles. The van der Waals surface area contributed by atoms with Crippen LogP contribution in [0, 0.1) is 0 Å². The molecule has 1 saturated heterocycles. The summed E-state index contributed by atoms with van der Waals surface area (Å²) in [5, 5.41) is 2.47. The summed E-state index contributed by atoms with van der Waals surface area (Å²) in [7, 11) is 1.57. The first-order valence-electron chi connectivity index (χ1n) is 5.94. The minimum Gasteiger partial charge on any atom is -0.446 e. The third kappa shape index (κ3) is 3.35. The Balaban J connectivity index is 1.86. The number of hydrogen-bond donors (Lipinski definition) is 1. The number of aromatic nitrogens is 1. The molecule has 0 aromatic carbocycles.